The maximum absolute atomic E-state index is 13.7. The Labute approximate surface area is 134 Å². The molecule has 4 rings (SSSR count). The summed E-state index contributed by atoms with van der Waals surface area (Å²) in [5.41, 5.74) is -0.411. The molecular formula is C15H19FN2O4S. The highest BCUT2D eigenvalue weighted by Crippen LogP contribution is 2.45. The molecule has 3 heterocycles. The number of halogens is 1. The quantitative estimate of drug-likeness (QED) is 0.800. The highest BCUT2D eigenvalue weighted by Gasteiger charge is 2.56. The SMILES string of the molecule is O=S(=O)(C1CC1)N1C[C@@H]2COC[C@]2(COc2ncccc2F)C1. The van der Waals surface area contributed by atoms with E-state index in [9.17, 15) is 12.8 Å². The summed E-state index contributed by atoms with van der Waals surface area (Å²) < 4.78 is 51.3. The predicted octanol–water partition coefficient (Wildman–Crippen LogP) is 1.04. The topological polar surface area (TPSA) is 68.7 Å². The number of hydrogen-bond donors (Lipinski definition) is 0. The fourth-order valence-corrected chi connectivity index (χ4v) is 5.43. The maximum atomic E-state index is 13.7. The predicted molar refractivity (Wildman–Crippen MR) is 79.9 cm³/mol. The van der Waals surface area contributed by atoms with Crippen LogP contribution in [-0.4, -0.2) is 55.9 Å². The van der Waals surface area contributed by atoms with Crippen molar-refractivity contribution in [2.75, 3.05) is 32.9 Å². The molecule has 6 nitrogen and oxygen atoms in total. The summed E-state index contributed by atoms with van der Waals surface area (Å²) in [6, 6.07) is 2.79. The van der Waals surface area contributed by atoms with Crippen molar-refractivity contribution in [3.8, 4) is 5.88 Å². The Morgan fingerprint density at radius 2 is 2.30 bits per heavy atom. The number of rotatable bonds is 5. The van der Waals surface area contributed by atoms with Crippen LogP contribution in [-0.2, 0) is 14.8 Å². The van der Waals surface area contributed by atoms with Crippen molar-refractivity contribution < 1.29 is 22.3 Å². The minimum atomic E-state index is -3.20. The second-order valence-corrected chi connectivity index (χ2v) is 8.90. The number of aromatic nitrogens is 1. The van der Waals surface area contributed by atoms with E-state index in [1.165, 1.54) is 18.3 Å². The van der Waals surface area contributed by atoms with Crippen molar-refractivity contribution in [2.24, 2.45) is 11.3 Å². The van der Waals surface area contributed by atoms with Gasteiger partial charge in [-0.3, -0.25) is 0 Å². The minimum absolute atomic E-state index is 0.0453. The smallest absolute Gasteiger partial charge is 0.250 e. The third-order valence-electron chi connectivity index (χ3n) is 5.02. The molecular weight excluding hydrogens is 323 g/mol. The molecule has 1 saturated carbocycles. The Kier molecular flexibility index (Phi) is 3.58. The van der Waals surface area contributed by atoms with Crippen molar-refractivity contribution in [3.05, 3.63) is 24.1 Å². The molecule has 8 heteroatoms. The molecule has 2 saturated heterocycles. The van der Waals surface area contributed by atoms with Gasteiger partial charge < -0.3 is 9.47 Å². The Morgan fingerprint density at radius 1 is 1.48 bits per heavy atom. The summed E-state index contributed by atoms with van der Waals surface area (Å²) in [7, 11) is -3.20. The van der Waals surface area contributed by atoms with Crippen LogP contribution >= 0.6 is 0 Å². The first-order chi connectivity index (χ1) is 11.0. The summed E-state index contributed by atoms with van der Waals surface area (Å²) in [6.07, 6.45) is 2.97. The largest absolute Gasteiger partial charge is 0.475 e. The fraction of sp³-hybridized carbons (Fsp3) is 0.667. The van der Waals surface area contributed by atoms with E-state index in [0.717, 1.165) is 12.8 Å². The Balaban J connectivity index is 1.51. The molecule has 23 heavy (non-hydrogen) atoms. The Bertz CT molecular complexity index is 709. The summed E-state index contributed by atoms with van der Waals surface area (Å²) in [5, 5.41) is -0.214. The molecule has 1 aliphatic carbocycles. The summed E-state index contributed by atoms with van der Waals surface area (Å²) >= 11 is 0. The van der Waals surface area contributed by atoms with Crippen molar-refractivity contribution in [1.82, 2.24) is 9.29 Å². The molecule has 126 valence electrons. The van der Waals surface area contributed by atoms with Gasteiger partial charge in [-0.1, -0.05) is 0 Å². The van der Waals surface area contributed by atoms with E-state index in [4.69, 9.17) is 9.47 Å². The molecule has 3 aliphatic rings. The van der Waals surface area contributed by atoms with Crippen LogP contribution < -0.4 is 4.74 Å². The van der Waals surface area contributed by atoms with Gasteiger partial charge in [0.1, 0.15) is 0 Å². The van der Waals surface area contributed by atoms with Gasteiger partial charge in [-0.05, 0) is 25.0 Å². The van der Waals surface area contributed by atoms with E-state index in [0.29, 0.717) is 26.3 Å². The van der Waals surface area contributed by atoms with E-state index in [1.807, 2.05) is 0 Å². The van der Waals surface area contributed by atoms with Crippen molar-refractivity contribution in [2.45, 2.75) is 18.1 Å². The van der Waals surface area contributed by atoms with Crippen LogP contribution in [0.2, 0.25) is 0 Å². The van der Waals surface area contributed by atoms with Gasteiger partial charge in [0.25, 0.3) is 0 Å². The Hall–Kier alpha value is -1.25. The molecule has 2 aliphatic heterocycles. The first kappa shape index (κ1) is 15.3. The van der Waals surface area contributed by atoms with Gasteiger partial charge in [0.2, 0.25) is 15.9 Å². The fourth-order valence-electron chi connectivity index (χ4n) is 3.45. The van der Waals surface area contributed by atoms with Crippen LogP contribution in [0.5, 0.6) is 5.88 Å². The van der Waals surface area contributed by atoms with E-state index >= 15 is 0 Å². The molecule has 0 unspecified atom stereocenters. The number of fused-ring (bicyclic) bond motifs is 1. The number of sulfonamides is 1. The second kappa shape index (κ2) is 5.39. The molecule has 0 N–H and O–H groups in total. The molecule has 0 spiro atoms. The van der Waals surface area contributed by atoms with Gasteiger partial charge in [0.05, 0.1) is 25.1 Å². The van der Waals surface area contributed by atoms with Crippen LogP contribution in [0.3, 0.4) is 0 Å². The summed E-state index contributed by atoms with van der Waals surface area (Å²) in [4.78, 5) is 3.89. The number of hydrogen-bond acceptors (Lipinski definition) is 5. The van der Waals surface area contributed by atoms with Crippen molar-refractivity contribution >= 4 is 10.0 Å². The van der Waals surface area contributed by atoms with Crippen molar-refractivity contribution in [1.29, 1.82) is 0 Å². The first-order valence-electron chi connectivity index (χ1n) is 7.81. The van der Waals surface area contributed by atoms with Crippen LogP contribution in [0.4, 0.5) is 4.39 Å². The van der Waals surface area contributed by atoms with Crippen LogP contribution in [0.25, 0.3) is 0 Å². The normalized spacial score (nSPS) is 31.3. The average Bonchev–Trinajstić information content (AvgIpc) is 3.21. The van der Waals surface area contributed by atoms with Crippen LogP contribution in [0.1, 0.15) is 12.8 Å². The highest BCUT2D eigenvalue weighted by molar-refractivity contribution is 7.90. The van der Waals surface area contributed by atoms with E-state index in [1.54, 1.807) is 4.31 Å². The molecule has 1 aromatic rings. The number of pyridine rings is 1. The molecule has 0 amide bonds. The summed E-state index contributed by atoms with van der Waals surface area (Å²) in [5.74, 6) is -0.473. The minimum Gasteiger partial charge on any atom is -0.475 e. The zero-order valence-corrected chi connectivity index (χ0v) is 13.5. The monoisotopic (exact) mass is 342 g/mol. The molecule has 0 aromatic carbocycles. The third-order valence-corrected chi connectivity index (χ3v) is 7.33. The lowest BCUT2D eigenvalue weighted by atomic mass is 9.82. The van der Waals surface area contributed by atoms with Gasteiger partial charge in [-0.2, -0.15) is 0 Å². The third kappa shape index (κ3) is 2.62. The molecule has 3 fully saturated rings. The molecule has 2 atom stereocenters. The molecule has 0 bridgehead atoms. The lowest BCUT2D eigenvalue weighted by Gasteiger charge is -2.26. The standard InChI is InChI=1S/C15H19FN2O4S/c16-13-2-1-5-17-14(13)22-10-15-8-18(6-11(15)7-21-9-15)23(19,20)12-3-4-12/h1-2,5,11-12H,3-4,6-10H2/t11-,15+/m1/s1. The van der Waals surface area contributed by atoms with Gasteiger partial charge in [0, 0.05) is 30.6 Å². The maximum Gasteiger partial charge on any atom is 0.250 e. The van der Waals surface area contributed by atoms with Crippen LogP contribution in [0.15, 0.2) is 18.3 Å². The zero-order valence-electron chi connectivity index (χ0n) is 12.7. The van der Waals surface area contributed by atoms with E-state index in [2.05, 4.69) is 4.98 Å². The average molecular weight is 342 g/mol. The molecule has 1 aromatic heterocycles. The lowest BCUT2D eigenvalue weighted by molar-refractivity contribution is 0.0969. The van der Waals surface area contributed by atoms with Gasteiger partial charge in [-0.15, -0.1) is 0 Å². The van der Waals surface area contributed by atoms with Crippen molar-refractivity contribution in [3.63, 3.8) is 0 Å². The zero-order chi connectivity index (χ0) is 16.1. The van der Waals surface area contributed by atoms with Gasteiger partial charge >= 0.3 is 0 Å². The summed E-state index contributed by atoms with van der Waals surface area (Å²) in [6.45, 7) is 2.01. The van der Waals surface area contributed by atoms with E-state index in [-0.39, 0.29) is 23.7 Å². The van der Waals surface area contributed by atoms with Gasteiger partial charge in [0.15, 0.2) is 5.82 Å². The first-order valence-corrected chi connectivity index (χ1v) is 9.32. The van der Waals surface area contributed by atoms with Gasteiger partial charge in [-0.25, -0.2) is 22.1 Å². The number of ether oxygens (including phenoxy) is 2. The van der Waals surface area contributed by atoms with Crippen LogP contribution in [0, 0.1) is 17.2 Å². The molecule has 0 radical (unpaired) electrons. The Morgan fingerprint density at radius 3 is 3.04 bits per heavy atom. The van der Waals surface area contributed by atoms with E-state index < -0.39 is 21.3 Å². The lowest BCUT2D eigenvalue weighted by Crippen LogP contribution is -2.39. The number of nitrogens with zero attached hydrogens (tertiary/aromatic N) is 2. The second-order valence-electron chi connectivity index (χ2n) is 6.69. The highest BCUT2D eigenvalue weighted by atomic mass is 32.2.